The quantitative estimate of drug-likeness (QED) is 0.750. The third kappa shape index (κ3) is 3.29. The summed E-state index contributed by atoms with van der Waals surface area (Å²) in [7, 11) is 0. The Hall–Kier alpha value is -2.14. The maximum absolute atomic E-state index is 11.2. The van der Waals surface area contributed by atoms with Gasteiger partial charge < -0.3 is 5.11 Å². The van der Waals surface area contributed by atoms with Crippen LogP contribution in [0, 0.1) is 0 Å². The van der Waals surface area contributed by atoms with Gasteiger partial charge >= 0.3 is 5.97 Å². The van der Waals surface area contributed by atoms with Crippen LogP contribution in [-0.2, 0) is 5.41 Å². The lowest BCUT2D eigenvalue weighted by molar-refractivity contribution is 0.0697. The fourth-order valence-electron chi connectivity index (χ4n) is 2.64. The van der Waals surface area contributed by atoms with Gasteiger partial charge in [-0.05, 0) is 53.5 Å². The van der Waals surface area contributed by atoms with Crippen LogP contribution in [0.3, 0.4) is 0 Å². The molecule has 1 heterocycles. The zero-order valence-electron chi connectivity index (χ0n) is 13.1. The van der Waals surface area contributed by atoms with Gasteiger partial charge in [-0.2, -0.15) is 5.11 Å². The van der Waals surface area contributed by atoms with Gasteiger partial charge in [0.25, 0.3) is 0 Å². The summed E-state index contributed by atoms with van der Waals surface area (Å²) in [4.78, 5) is 12.5. The summed E-state index contributed by atoms with van der Waals surface area (Å²) in [6.45, 7) is 4.48. The van der Waals surface area contributed by atoms with Gasteiger partial charge in [0.2, 0.25) is 0 Å². The monoisotopic (exact) mass is 326 g/mol. The first-order chi connectivity index (χ1) is 11.0. The summed E-state index contributed by atoms with van der Waals surface area (Å²) in [5, 5.41) is 17.6. The Labute approximate surface area is 139 Å². The summed E-state index contributed by atoms with van der Waals surface area (Å²) in [5.74, 6) is 0.134. The second-order valence-electron chi connectivity index (χ2n) is 6.19. The molecule has 5 heteroatoms. The van der Waals surface area contributed by atoms with Crippen molar-refractivity contribution in [3.8, 4) is 0 Å². The molecule has 1 N–H and O–H groups in total. The van der Waals surface area contributed by atoms with Gasteiger partial charge in [-0.15, -0.1) is 16.9 Å². The molecule has 3 rings (SSSR count). The Kier molecular flexibility index (Phi) is 4.22. The Morgan fingerprint density at radius 1 is 1.17 bits per heavy atom. The molecule has 1 aliphatic heterocycles. The topological polar surface area (TPSA) is 62.0 Å². The number of carboxylic acids is 1. The zero-order chi connectivity index (χ0) is 16.4. The summed E-state index contributed by atoms with van der Waals surface area (Å²) < 4.78 is 0. The molecule has 1 aliphatic rings. The number of benzene rings is 2. The fraction of sp³-hybridized carbons (Fsp3) is 0.278. The summed E-state index contributed by atoms with van der Waals surface area (Å²) in [6.07, 6.45) is 1.13. The second-order valence-corrected chi connectivity index (χ2v) is 7.32. The minimum absolute atomic E-state index is 0.130. The molecule has 0 saturated heterocycles. The van der Waals surface area contributed by atoms with Crippen molar-refractivity contribution in [1.82, 2.24) is 0 Å². The normalized spacial score (nSPS) is 16.3. The van der Waals surface area contributed by atoms with Gasteiger partial charge in [0.15, 0.2) is 0 Å². The van der Waals surface area contributed by atoms with E-state index in [1.807, 2.05) is 17.8 Å². The Morgan fingerprint density at radius 2 is 1.96 bits per heavy atom. The minimum atomic E-state index is -0.998. The minimum Gasteiger partial charge on any atom is -0.478 e. The number of nitrogens with zero attached hydrogens (tertiary/aromatic N) is 2. The van der Waals surface area contributed by atoms with Crippen LogP contribution >= 0.6 is 11.8 Å². The number of fused-ring (bicyclic) bond motifs is 1. The van der Waals surface area contributed by atoms with E-state index in [4.69, 9.17) is 0 Å². The van der Waals surface area contributed by atoms with Crippen LogP contribution in [0.2, 0.25) is 0 Å². The number of rotatable bonds is 3. The van der Waals surface area contributed by atoms with Crippen molar-refractivity contribution in [3.05, 3.63) is 53.6 Å². The van der Waals surface area contributed by atoms with E-state index in [1.54, 1.807) is 18.2 Å². The van der Waals surface area contributed by atoms with Crippen molar-refractivity contribution in [2.75, 3.05) is 5.75 Å². The molecule has 0 aromatic heterocycles. The Balaban J connectivity index is 1.94. The maximum atomic E-state index is 11.2. The van der Waals surface area contributed by atoms with Crippen LogP contribution in [0.15, 0.2) is 57.6 Å². The molecule has 0 fully saturated rings. The lowest BCUT2D eigenvalue weighted by Gasteiger charge is -2.32. The highest BCUT2D eigenvalue weighted by Gasteiger charge is 2.27. The fourth-order valence-corrected chi connectivity index (χ4v) is 4.13. The maximum Gasteiger partial charge on any atom is 0.337 e. The van der Waals surface area contributed by atoms with E-state index in [1.165, 1.54) is 16.5 Å². The van der Waals surface area contributed by atoms with E-state index in [0.717, 1.165) is 17.9 Å². The van der Waals surface area contributed by atoms with Crippen LogP contribution in [0.5, 0.6) is 0 Å². The lowest BCUT2D eigenvalue weighted by atomic mass is 9.81. The first-order valence-corrected chi connectivity index (χ1v) is 8.47. The van der Waals surface area contributed by atoms with Crippen LogP contribution in [-0.4, -0.2) is 16.8 Å². The van der Waals surface area contributed by atoms with E-state index in [0.29, 0.717) is 5.69 Å². The molecule has 0 atom stereocenters. The molecule has 0 radical (unpaired) electrons. The van der Waals surface area contributed by atoms with Crippen LogP contribution in [0.1, 0.15) is 36.2 Å². The molecular weight excluding hydrogens is 308 g/mol. The molecule has 0 amide bonds. The molecule has 118 valence electrons. The lowest BCUT2D eigenvalue weighted by Crippen LogP contribution is -2.22. The van der Waals surface area contributed by atoms with E-state index in [-0.39, 0.29) is 11.0 Å². The Morgan fingerprint density at radius 3 is 2.74 bits per heavy atom. The van der Waals surface area contributed by atoms with Gasteiger partial charge in [0.1, 0.15) is 5.69 Å². The largest absolute Gasteiger partial charge is 0.478 e. The van der Waals surface area contributed by atoms with Crippen molar-refractivity contribution >= 4 is 29.1 Å². The number of hydrogen-bond donors (Lipinski definition) is 1. The highest BCUT2D eigenvalue weighted by molar-refractivity contribution is 7.99. The summed E-state index contributed by atoms with van der Waals surface area (Å²) in [6, 6.07) is 12.7. The average molecular weight is 326 g/mol. The molecule has 2 aromatic carbocycles. The van der Waals surface area contributed by atoms with Crippen molar-refractivity contribution < 1.29 is 9.90 Å². The standard InChI is InChI=1S/C18H18N2O2S/c1-18(2)9-10-23-16-8-7-12(11-14(16)18)19-20-15-6-4-3-5-13(15)17(21)22/h3-8,11H,9-10H2,1-2H3,(H,21,22). The third-order valence-electron chi connectivity index (χ3n) is 4.08. The smallest absolute Gasteiger partial charge is 0.337 e. The number of hydrogen-bond acceptors (Lipinski definition) is 4. The number of thioether (sulfide) groups is 1. The molecule has 4 nitrogen and oxygen atoms in total. The molecular formula is C18H18N2O2S. The summed E-state index contributed by atoms with van der Waals surface area (Å²) in [5.41, 5.74) is 2.69. The Bertz CT molecular complexity index is 784. The van der Waals surface area contributed by atoms with Crippen LogP contribution in [0.4, 0.5) is 11.4 Å². The van der Waals surface area contributed by atoms with Crippen molar-refractivity contribution in [2.45, 2.75) is 30.6 Å². The van der Waals surface area contributed by atoms with E-state index in [9.17, 15) is 9.90 Å². The molecule has 0 bridgehead atoms. The third-order valence-corrected chi connectivity index (χ3v) is 5.16. The van der Waals surface area contributed by atoms with Crippen molar-refractivity contribution in [3.63, 3.8) is 0 Å². The number of carbonyl (C=O) groups is 1. The molecule has 0 aliphatic carbocycles. The molecule has 23 heavy (non-hydrogen) atoms. The highest BCUT2D eigenvalue weighted by atomic mass is 32.2. The zero-order valence-corrected chi connectivity index (χ0v) is 13.9. The van der Waals surface area contributed by atoms with Gasteiger partial charge in [0, 0.05) is 4.90 Å². The van der Waals surface area contributed by atoms with Gasteiger partial charge in [-0.25, -0.2) is 4.79 Å². The predicted octanol–water partition coefficient (Wildman–Crippen LogP) is 5.57. The number of carboxylic acid groups (broad SMARTS) is 1. The first kappa shape index (κ1) is 15.7. The first-order valence-electron chi connectivity index (χ1n) is 7.49. The second kappa shape index (κ2) is 6.16. The van der Waals surface area contributed by atoms with Crippen molar-refractivity contribution in [2.24, 2.45) is 10.2 Å². The molecule has 0 spiro atoms. The average Bonchev–Trinajstić information content (AvgIpc) is 2.53. The van der Waals surface area contributed by atoms with E-state index in [2.05, 4.69) is 36.2 Å². The molecule has 0 saturated carbocycles. The van der Waals surface area contributed by atoms with Gasteiger partial charge in [-0.3, -0.25) is 0 Å². The number of aromatic carboxylic acids is 1. The van der Waals surface area contributed by atoms with Gasteiger partial charge in [-0.1, -0.05) is 26.0 Å². The predicted molar refractivity (Wildman–Crippen MR) is 92.4 cm³/mol. The van der Waals surface area contributed by atoms with E-state index < -0.39 is 5.97 Å². The number of azo groups is 1. The highest BCUT2D eigenvalue weighted by Crippen LogP contribution is 2.43. The van der Waals surface area contributed by atoms with Crippen LogP contribution < -0.4 is 0 Å². The van der Waals surface area contributed by atoms with Gasteiger partial charge in [0.05, 0.1) is 11.3 Å². The van der Waals surface area contributed by atoms with Crippen molar-refractivity contribution in [1.29, 1.82) is 0 Å². The molecule has 0 unspecified atom stereocenters. The van der Waals surface area contributed by atoms with Crippen LogP contribution in [0.25, 0.3) is 0 Å². The molecule has 2 aromatic rings. The SMILES string of the molecule is CC1(C)CCSc2ccc(N=Nc3ccccc3C(=O)O)cc21. The van der Waals surface area contributed by atoms with E-state index >= 15 is 0 Å². The summed E-state index contributed by atoms with van der Waals surface area (Å²) >= 11 is 1.87.